The molecule has 0 unspecified atom stereocenters. The molecule has 118 valence electrons. The van der Waals surface area contributed by atoms with Gasteiger partial charge in [0, 0.05) is 5.39 Å². The minimum atomic E-state index is -0.435. The topological polar surface area (TPSA) is 90.1 Å². The van der Waals surface area contributed by atoms with Crippen LogP contribution in [-0.4, -0.2) is 34.2 Å². The Bertz CT molecular complexity index is 819. The number of para-hydroxylation sites is 1. The van der Waals surface area contributed by atoms with E-state index < -0.39 is 5.97 Å². The number of nitrogens with zero attached hydrogens (tertiary/aromatic N) is 3. The molecule has 2 aromatic heterocycles. The van der Waals surface area contributed by atoms with Crippen LogP contribution in [0, 0.1) is 13.8 Å². The van der Waals surface area contributed by atoms with Gasteiger partial charge in [-0.2, -0.15) is 0 Å². The molecule has 1 aromatic carbocycles. The molecule has 0 spiro atoms. The van der Waals surface area contributed by atoms with Gasteiger partial charge < -0.3 is 14.6 Å². The molecule has 2 heterocycles. The molecule has 0 aliphatic heterocycles. The Hall–Kier alpha value is -2.96. The van der Waals surface area contributed by atoms with Gasteiger partial charge in [0.05, 0.1) is 17.8 Å². The minimum Gasteiger partial charge on any atom is -0.460 e. The first-order valence-corrected chi connectivity index (χ1v) is 7.20. The normalized spacial score (nSPS) is 10.7. The molecule has 0 saturated heterocycles. The largest absolute Gasteiger partial charge is 0.460 e. The quantitative estimate of drug-likeness (QED) is 0.571. The van der Waals surface area contributed by atoms with Crippen molar-refractivity contribution in [2.45, 2.75) is 13.8 Å². The molecule has 3 rings (SSSR count). The first kappa shape index (κ1) is 15.0. The van der Waals surface area contributed by atoms with Crippen LogP contribution < -0.4 is 5.32 Å². The highest BCUT2D eigenvalue weighted by molar-refractivity contribution is 5.91. The number of aromatic nitrogens is 3. The van der Waals surface area contributed by atoms with Crippen molar-refractivity contribution in [2.75, 3.05) is 18.5 Å². The van der Waals surface area contributed by atoms with Crippen LogP contribution in [0.4, 0.5) is 5.82 Å². The summed E-state index contributed by atoms with van der Waals surface area (Å²) < 4.78 is 10.2. The third kappa shape index (κ3) is 3.13. The molecule has 0 radical (unpaired) electrons. The van der Waals surface area contributed by atoms with E-state index in [4.69, 9.17) is 9.26 Å². The third-order valence-corrected chi connectivity index (χ3v) is 3.41. The van der Waals surface area contributed by atoms with Crippen LogP contribution in [-0.2, 0) is 4.74 Å². The van der Waals surface area contributed by atoms with E-state index in [1.54, 1.807) is 13.8 Å². The number of nitrogens with one attached hydrogen (secondary N) is 1. The van der Waals surface area contributed by atoms with Crippen LogP contribution in [0.1, 0.15) is 21.8 Å². The highest BCUT2D eigenvalue weighted by atomic mass is 16.5. The summed E-state index contributed by atoms with van der Waals surface area (Å²) in [5.41, 5.74) is 1.78. The molecule has 1 N–H and O–H groups in total. The summed E-state index contributed by atoms with van der Waals surface area (Å²) >= 11 is 0. The third-order valence-electron chi connectivity index (χ3n) is 3.41. The first-order chi connectivity index (χ1) is 11.2. The van der Waals surface area contributed by atoms with Crippen molar-refractivity contribution in [3.63, 3.8) is 0 Å². The number of esters is 1. The van der Waals surface area contributed by atoms with Crippen molar-refractivity contribution < 1.29 is 14.1 Å². The van der Waals surface area contributed by atoms with Gasteiger partial charge in [0.2, 0.25) is 0 Å². The number of rotatable bonds is 5. The smallest absolute Gasteiger partial charge is 0.343 e. The van der Waals surface area contributed by atoms with Gasteiger partial charge in [0.15, 0.2) is 0 Å². The van der Waals surface area contributed by atoms with Crippen molar-refractivity contribution in [1.82, 2.24) is 15.1 Å². The summed E-state index contributed by atoms with van der Waals surface area (Å²) in [6.07, 6.45) is 1.50. The van der Waals surface area contributed by atoms with Crippen LogP contribution >= 0.6 is 0 Å². The van der Waals surface area contributed by atoms with E-state index in [0.717, 1.165) is 10.9 Å². The maximum Gasteiger partial charge on any atom is 0.343 e. The van der Waals surface area contributed by atoms with E-state index in [1.165, 1.54) is 6.33 Å². The van der Waals surface area contributed by atoms with Crippen LogP contribution in [0.3, 0.4) is 0 Å². The molecule has 0 saturated carbocycles. The molecular weight excluding hydrogens is 296 g/mol. The summed E-state index contributed by atoms with van der Waals surface area (Å²) in [6, 6.07) is 7.70. The lowest BCUT2D eigenvalue weighted by Crippen LogP contribution is -2.15. The molecule has 0 atom stereocenters. The van der Waals surface area contributed by atoms with Crippen LogP contribution in [0.2, 0.25) is 0 Å². The Morgan fingerprint density at radius 1 is 1.26 bits per heavy atom. The SMILES string of the molecule is Cc1noc(C)c1C(=O)OCCNc1ncnc2ccccc12. The monoisotopic (exact) mass is 312 g/mol. The van der Waals surface area contributed by atoms with E-state index in [2.05, 4.69) is 20.4 Å². The number of hydrogen-bond donors (Lipinski definition) is 1. The lowest BCUT2D eigenvalue weighted by atomic mass is 10.2. The van der Waals surface area contributed by atoms with Crippen LogP contribution in [0.5, 0.6) is 0 Å². The molecule has 3 aromatic rings. The number of aryl methyl sites for hydroxylation is 2. The number of fused-ring (bicyclic) bond motifs is 1. The zero-order chi connectivity index (χ0) is 16.2. The predicted molar refractivity (Wildman–Crippen MR) is 84.3 cm³/mol. The summed E-state index contributed by atoms with van der Waals surface area (Å²) in [7, 11) is 0. The van der Waals surface area contributed by atoms with Gasteiger partial charge in [-0.3, -0.25) is 0 Å². The van der Waals surface area contributed by atoms with Crippen LogP contribution in [0.15, 0.2) is 35.1 Å². The van der Waals surface area contributed by atoms with Crippen molar-refractivity contribution in [3.8, 4) is 0 Å². The minimum absolute atomic E-state index is 0.210. The van der Waals surface area contributed by atoms with Gasteiger partial charge in [-0.05, 0) is 26.0 Å². The Morgan fingerprint density at radius 3 is 2.87 bits per heavy atom. The average Bonchev–Trinajstić information content (AvgIpc) is 2.90. The van der Waals surface area contributed by atoms with Gasteiger partial charge in [-0.15, -0.1) is 0 Å². The fourth-order valence-electron chi connectivity index (χ4n) is 2.31. The number of anilines is 1. The van der Waals surface area contributed by atoms with Gasteiger partial charge in [-0.25, -0.2) is 14.8 Å². The van der Waals surface area contributed by atoms with Gasteiger partial charge in [-0.1, -0.05) is 17.3 Å². The Kier molecular flexibility index (Phi) is 4.18. The van der Waals surface area contributed by atoms with E-state index in [-0.39, 0.29) is 6.61 Å². The standard InChI is InChI=1S/C16H16N4O3/c1-10-14(11(2)23-20-10)16(21)22-8-7-17-15-12-5-3-4-6-13(12)18-9-19-15/h3-6,9H,7-8H2,1-2H3,(H,17,18,19). The predicted octanol–water partition coefficient (Wildman–Crippen LogP) is 2.50. The zero-order valence-corrected chi connectivity index (χ0v) is 12.9. The van der Waals surface area contributed by atoms with Crippen molar-refractivity contribution in [2.24, 2.45) is 0 Å². The summed E-state index contributed by atoms with van der Waals surface area (Å²) in [5.74, 6) is 0.738. The van der Waals surface area contributed by atoms with Crippen molar-refractivity contribution in [1.29, 1.82) is 0 Å². The maximum absolute atomic E-state index is 12.0. The molecule has 0 amide bonds. The molecule has 23 heavy (non-hydrogen) atoms. The zero-order valence-electron chi connectivity index (χ0n) is 12.9. The molecule has 7 heteroatoms. The number of carbonyl (C=O) groups excluding carboxylic acids is 1. The second kappa shape index (κ2) is 6.43. The second-order valence-electron chi connectivity index (χ2n) is 5.00. The maximum atomic E-state index is 12.0. The van der Waals surface area contributed by atoms with Gasteiger partial charge in [0.25, 0.3) is 0 Å². The number of ether oxygens (including phenoxy) is 1. The highest BCUT2D eigenvalue weighted by Gasteiger charge is 2.18. The molecule has 0 aliphatic rings. The van der Waals surface area contributed by atoms with Gasteiger partial charge >= 0.3 is 5.97 Å². The molecule has 0 aliphatic carbocycles. The fourth-order valence-corrected chi connectivity index (χ4v) is 2.31. The Balaban J connectivity index is 1.58. The van der Waals surface area contributed by atoms with E-state index in [0.29, 0.717) is 29.4 Å². The molecular formula is C16H16N4O3. The Morgan fingerprint density at radius 2 is 2.09 bits per heavy atom. The number of hydrogen-bond acceptors (Lipinski definition) is 7. The lowest BCUT2D eigenvalue weighted by Gasteiger charge is -2.08. The summed E-state index contributed by atoms with van der Waals surface area (Å²) in [5, 5.41) is 7.81. The second-order valence-corrected chi connectivity index (χ2v) is 5.00. The van der Waals surface area contributed by atoms with E-state index in [9.17, 15) is 4.79 Å². The lowest BCUT2D eigenvalue weighted by molar-refractivity contribution is 0.0518. The van der Waals surface area contributed by atoms with E-state index in [1.807, 2.05) is 24.3 Å². The van der Waals surface area contributed by atoms with Crippen molar-refractivity contribution >= 4 is 22.7 Å². The van der Waals surface area contributed by atoms with E-state index >= 15 is 0 Å². The van der Waals surface area contributed by atoms with Gasteiger partial charge in [0.1, 0.15) is 30.1 Å². The van der Waals surface area contributed by atoms with Crippen LogP contribution in [0.25, 0.3) is 10.9 Å². The molecule has 0 fully saturated rings. The fraction of sp³-hybridized carbons (Fsp3) is 0.250. The number of carbonyl (C=O) groups is 1. The highest BCUT2D eigenvalue weighted by Crippen LogP contribution is 2.18. The van der Waals surface area contributed by atoms with Crippen molar-refractivity contribution in [3.05, 3.63) is 47.6 Å². The summed E-state index contributed by atoms with van der Waals surface area (Å²) in [4.78, 5) is 20.4. The summed E-state index contributed by atoms with van der Waals surface area (Å²) in [6.45, 7) is 4.04. The first-order valence-electron chi connectivity index (χ1n) is 7.20. The average molecular weight is 312 g/mol. The molecule has 0 bridgehead atoms. The molecule has 7 nitrogen and oxygen atoms in total. The Labute approximate surface area is 132 Å². The number of benzene rings is 1.